The molecule has 0 spiro atoms. The molecule has 0 atom stereocenters. The highest BCUT2D eigenvalue weighted by Gasteiger charge is 2.09. The van der Waals surface area contributed by atoms with Gasteiger partial charge in [-0.3, -0.25) is 4.79 Å². The highest BCUT2D eigenvalue weighted by molar-refractivity contribution is 6.42. The molecule has 0 unspecified atom stereocenters. The second kappa shape index (κ2) is 9.79. The van der Waals surface area contributed by atoms with E-state index in [0.717, 1.165) is 0 Å². The Morgan fingerprint density at radius 3 is 2.52 bits per heavy atom. The predicted molar refractivity (Wildman–Crippen MR) is 116 cm³/mol. The van der Waals surface area contributed by atoms with Crippen LogP contribution in [0.2, 0.25) is 15.1 Å². The van der Waals surface area contributed by atoms with Crippen LogP contribution in [0.5, 0.6) is 5.75 Å². The standard InChI is InChI=1S/C22H15Cl3FNO2/c23-18-5-2-6-21(26)17(18)13-29-16-4-1-3-14(11-16)22(28)9-10-27-15-7-8-19(24)20(25)12-15/h1-12,27H,13H2/b10-9+. The Labute approximate surface area is 182 Å². The van der Waals surface area contributed by atoms with E-state index in [9.17, 15) is 9.18 Å². The zero-order valence-corrected chi connectivity index (χ0v) is 17.2. The van der Waals surface area contributed by atoms with Gasteiger partial charge in [-0.1, -0.05) is 53.0 Å². The summed E-state index contributed by atoms with van der Waals surface area (Å²) in [6.45, 7) is -0.0438. The summed E-state index contributed by atoms with van der Waals surface area (Å²) in [6.07, 6.45) is 2.89. The molecule has 0 aliphatic carbocycles. The van der Waals surface area contributed by atoms with Gasteiger partial charge in [0.05, 0.1) is 15.1 Å². The molecule has 0 fully saturated rings. The van der Waals surface area contributed by atoms with E-state index in [1.54, 1.807) is 48.5 Å². The van der Waals surface area contributed by atoms with Crippen molar-refractivity contribution in [2.24, 2.45) is 0 Å². The fourth-order valence-electron chi connectivity index (χ4n) is 2.46. The summed E-state index contributed by atoms with van der Waals surface area (Å²) in [7, 11) is 0. The number of hydrogen-bond donors (Lipinski definition) is 1. The lowest BCUT2D eigenvalue weighted by molar-refractivity contribution is 0.104. The van der Waals surface area contributed by atoms with Gasteiger partial charge in [-0.15, -0.1) is 0 Å². The molecule has 7 heteroatoms. The largest absolute Gasteiger partial charge is 0.489 e. The third-order valence-electron chi connectivity index (χ3n) is 3.97. The molecule has 0 aromatic heterocycles. The van der Waals surface area contributed by atoms with Crippen molar-refractivity contribution in [2.45, 2.75) is 6.61 Å². The molecule has 29 heavy (non-hydrogen) atoms. The van der Waals surface area contributed by atoms with Crippen LogP contribution in [0.25, 0.3) is 0 Å². The van der Waals surface area contributed by atoms with Gasteiger partial charge in [0.15, 0.2) is 5.78 Å². The van der Waals surface area contributed by atoms with Gasteiger partial charge in [-0.2, -0.15) is 0 Å². The average molecular weight is 451 g/mol. The number of ether oxygens (including phenoxy) is 1. The highest BCUT2D eigenvalue weighted by Crippen LogP contribution is 2.25. The number of ketones is 1. The van der Waals surface area contributed by atoms with Gasteiger partial charge in [-0.25, -0.2) is 4.39 Å². The number of rotatable bonds is 7. The van der Waals surface area contributed by atoms with Gasteiger partial charge in [0.2, 0.25) is 0 Å². The molecule has 3 nitrogen and oxygen atoms in total. The topological polar surface area (TPSA) is 38.3 Å². The van der Waals surface area contributed by atoms with Gasteiger partial charge < -0.3 is 10.1 Å². The van der Waals surface area contributed by atoms with Crippen LogP contribution in [0.15, 0.2) is 72.9 Å². The van der Waals surface area contributed by atoms with Gasteiger partial charge in [0.1, 0.15) is 18.2 Å². The van der Waals surface area contributed by atoms with E-state index in [4.69, 9.17) is 39.5 Å². The van der Waals surface area contributed by atoms with Crippen LogP contribution >= 0.6 is 34.8 Å². The number of benzene rings is 3. The average Bonchev–Trinajstić information content (AvgIpc) is 2.70. The van der Waals surface area contributed by atoms with Crippen LogP contribution in [0, 0.1) is 5.82 Å². The lowest BCUT2D eigenvalue weighted by atomic mass is 10.1. The monoisotopic (exact) mass is 449 g/mol. The number of carbonyl (C=O) groups is 1. The Kier molecular flexibility index (Phi) is 7.15. The Balaban J connectivity index is 1.63. The summed E-state index contributed by atoms with van der Waals surface area (Å²) in [5.74, 6) is -0.242. The van der Waals surface area contributed by atoms with Crippen molar-refractivity contribution in [1.82, 2.24) is 0 Å². The van der Waals surface area contributed by atoms with Crippen LogP contribution in [0.4, 0.5) is 10.1 Å². The van der Waals surface area contributed by atoms with E-state index < -0.39 is 5.82 Å². The Morgan fingerprint density at radius 2 is 1.76 bits per heavy atom. The van der Waals surface area contributed by atoms with Crippen LogP contribution in [-0.4, -0.2) is 5.78 Å². The second-order valence-electron chi connectivity index (χ2n) is 5.99. The van der Waals surface area contributed by atoms with Gasteiger partial charge >= 0.3 is 0 Å². The minimum Gasteiger partial charge on any atom is -0.489 e. The van der Waals surface area contributed by atoms with Crippen molar-refractivity contribution >= 4 is 46.3 Å². The summed E-state index contributed by atoms with van der Waals surface area (Å²) < 4.78 is 19.4. The van der Waals surface area contributed by atoms with Gasteiger partial charge in [-0.05, 0) is 42.5 Å². The first kappa shape index (κ1) is 21.2. The molecule has 0 amide bonds. The van der Waals surface area contributed by atoms with Crippen molar-refractivity contribution in [3.63, 3.8) is 0 Å². The fraction of sp³-hybridized carbons (Fsp3) is 0.0455. The first-order chi connectivity index (χ1) is 13.9. The van der Waals surface area contributed by atoms with Crippen molar-refractivity contribution < 1.29 is 13.9 Å². The number of anilines is 1. The molecule has 1 N–H and O–H groups in total. The first-order valence-corrected chi connectivity index (χ1v) is 9.65. The summed E-state index contributed by atoms with van der Waals surface area (Å²) in [5, 5.41) is 4.10. The molecule has 0 bridgehead atoms. The van der Waals surface area contributed by atoms with Crippen molar-refractivity contribution in [2.75, 3.05) is 5.32 Å². The molecular weight excluding hydrogens is 436 g/mol. The van der Waals surface area contributed by atoms with E-state index in [1.165, 1.54) is 24.4 Å². The number of hydrogen-bond acceptors (Lipinski definition) is 3. The van der Waals surface area contributed by atoms with Crippen molar-refractivity contribution in [3.8, 4) is 5.75 Å². The quantitative estimate of drug-likeness (QED) is 0.306. The molecule has 0 aliphatic heterocycles. The van der Waals surface area contributed by atoms with E-state index in [2.05, 4.69) is 5.32 Å². The number of halogens is 4. The maximum atomic E-state index is 13.8. The second-order valence-corrected chi connectivity index (χ2v) is 7.21. The number of carbonyl (C=O) groups excluding carboxylic acids is 1. The summed E-state index contributed by atoms with van der Waals surface area (Å²) in [4.78, 5) is 12.4. The van der Waals surface area contributed by atoms with Gasteiger partial charge in [0.25, 0.3) is 0 Å². The Morgan fingerprint density at radius 1 is 0.966 bits per heavy atom. The van der Waals surface area contributed by atoms with E-state index >= 15 is 0 Å². The zero-order chi connectivity index (χ0) is 20.8. The number of nitrogens with one attached hydrogen (secondary N) is 1. The third-order valence-corrected chi connectivity index (χ3v) is 5.06. The minimum atomic E-state index is -0.443. The van der Waals surface area contributed by atoms with Crippen LogP contribution in [0.3, 0.4) is 0 Å². The lowest BCUT2D eigenvalue weighted by Crippen LogP contribution is -2.01. The molecule has 0 heterocycles. The van der Waals surface area contributed by atoms with Crippen LogP contribution < -0.4 is 10.1 Å². The molecule has 148 valence electrons. The summed E-state index contributed by atoms with van der Waals surface area (Å²) in [6, 6.07) is 16.1. The third kappa shape index (κ3) is 5.73. The minimum absolute atomic E-state index is 0.0438. The molecule has 0 saturated heterocycles. The smallest absolute Gasteiger partial charge is 0.187 e. The Hall–Kier alpha value is -2.53. The normalized spacial score (nSPS) is 10.9. The van der Waals surface area contributed by atoms with E-state index in [-0.39, 0.29) is 23.0 Å². The fourth-order valence-corrected chi connectivity index (χ4v) is 2.98. The molecule has 3 rings (SSSR count). The molecule has 0 radical (unpaired) electrons. The van der Waals surface area contributed by atoms with Crippen molar-refractivity contribution in [3.05, 3.63) is 105 Å². The van der Waals surface area contributed by atoms with E-state index in [0.29, 0.717) is 27.0 Å². The molecule has 3 aromatic rings. The molecular formula is C22H15Cl3FNO2. The summed E-state index contributed by atoms with van der Waals surface area (Å²) >= 11 is 17.8. The van der Waals surface area contributed by atoms with Crippen LogP contribution in [-0.2, 0) is 6.61 Å². The van der Waals surface area contributed by atoms with E-state index in [1.807, 2.05) is 0 Å². The highest BCUT2D eigenvalue weighted by atomic mass is 35.5. The molecule has 0 saturated carbocycles. The lowest BCUT2D eigenvalue weighted by Gasteiger charge is -2.09. The first-order valence-electron chi connectivity index (χ1n) is 8.52. The zero-order valence-electron chi connectivity index (χ0n) is 15.0. The SMILES string of the molecule is O=C(/C=C/Nc1ccc(Cl)c(Cl)c1)c1cccc(OCc2c(F)cccc2Cl)c1. The maximum absolute atomic E-state index is 13.8. The molecule has 0 aliphatic rings. The van der Waals surface area contributed by atoms with Crippen molar-refractivity contribution in [1.29, 1.82) is 0 Å². The van der Waals surface area contributed by atoms with Gasteiger partial charge in [0, 0.05) is 29.1 Å². The van der Waals surface area contributed by atoms with Crippen LogP contribution in [0.1, 0.15) is 15.9 Å². The Bertz CT molecular complexity index is 1050. The number of allylic oxidation sites excluding steroid dienone is 1. The summed E-state index contributed by atoms with van der Waals surface area (Å²) in [5.41, 5.74) is 1.38. The molecule has 3 aromatic carbocycles. The maximum Gasteiger partial charge on any atom is 0.187 e. The predicted octanol–water partition coefficient (Wildman–Crippen LogP) is 7.17.